The molecule has 1 amide bonds. The molecule has 9 nitrogen and oxygen atoms in total. The Balaban J connectivity index is 1.21. The van der Waals surface area contributed by atoms with Gasteiger partial charge in [0.25, 0.3) is 0 Å². The van der Waals surface area contributed by atoms with Crippen LogP contribution in [-0.2, 0) is 9.53 Å². The van der Waals surface area contributed by atoms with E-state index in [1.54, 1.807) is 18.2 Å². The average Bonchev–Trinajstić information content (AvgIpc) is 3.19. The van der Waals surface area contributed by atoms with Crippen LogP contribution in [0.3, 0.4) is 0 Å². The Labute approximate surface area is 197 Å². The van der Waals surface area contributed by atoms with E-state index in [1.807, 2.05) is 18.2 Å². The summed E-state index contributed by atoms with van der Waals surface area (Å²) in [7, 11) is 0. The van der Waals surface area contributed by atoms with Crippen molar-refractivity contribution >= 4 is 22.5 Å². The topological polar surface area (TPSA) is 110 Å². The monoisotopic (exact) mass is 459 g/mol. The molecule has 2 aliphatic heterocycles. The molecule has 0 bridgehead atoms. The van der Waals surface area contributed by atoms with E-state index in [-0.39, 0.29) is 12.5 Å². The van der Waals surface area contributed by atoms with Crippen LogP contribution in [0.5, 0.6) is 11.6 Å². The molecule has 174 valence electrons. The van der Waals surface area contributed by atoms with E-state index < -0.39 is 5.92 Å². The number of rotatable bonds is 8. The van der Waals surface area contributed by atoms with Crippen LogP contribution < -0.4 is 14.8 Å². The fourth-order valence-electron chi connectivity index (χ4n) is 4.25. The van der Waals surface area contributed by atoms with Crippen LogP contribution in [0.15, 0.2) is 42.7 Å². The van der Waals surface area contributed by atoms with Crippen molar-refractivity contribution in [2.75, 3.05) is 51.4 Å². The first-order chi connectivity index (χ1) is 16.7. The molecule has 3 aromatic rings. The molecule has 1 N–H and O–H groups in total. The number of hydrogen-bond donors (Lipinski definition) is 1. The number of amides is 1. The molecular weight excluding hydrogens is 434 g/mol. The van der Waals surface area contributed by atoms with Gasteiger partial charge in [-0.15, -0.1) is 0 Å². The van der Waals surface area contributed by atoms with E-state index in [9.17, 15) is 4.79 Å². The lowest BCUT2D eigenvalue weighted by molar-refractivity contribution is -0.117. The number of ether oxygens (including phenoxy) is 3. The van der Waals surface area contributed by atoms with E-state index in [2.05, 4.69) is 26.3 Å². The molecule has 1 aromatic heterocycles. The molecule has 34 heavy (non-hydrogen) atoms. The molecule has 5 rings (SSSR count). The summed E-state index contributed by atoms with van der Waals surface area (Å²) in [5.41, 5.74) is 2.68. The summed E-state index contributed by atoms with van der Waals surface area (Å²) < 4.78 is 17.3. The SMILES string of the molecule is N#Cc1ccc2c(c1)NC(=O)C2COc1ncnc2cc(OCCCN3CCOCC3)ccc12. The second kappa shape index (κ2) is 10.0. The van der Waals surface area contributed by atoms with E-state index in [0.29, 0.717) is 29.3 Å². The van der Waals surface area contributed by atoms with Crippen molar-refractivity contribution in [3.8, 4) is 17.7 Å². The lowest BCUT2D eigenvalue weighted by Crippen LogP contribution is -2.37. The first kappa shape index (κ1) is 22.1. The Morgan fingerprint density at radius 2 is 2.03 bits per heavy atom. The summed E-state index contributed by atoms with van der Waals surface area (Å²) in [5.74, 6) is 0.535. The van der Waals surface area contributed by atoms with E-state index >= 15 is 0 Å². The minimum absolute atomic E-state index is 0.136. The standard InChI is InChI=1S/C25H25N5O4/c26-14-17-2-4-19-21(24(31)29-23(19)12-17)15-34-25-20-5-3-18(13-22(20)27-16-28-25)33-9-1-6-30-7-10-32-11-8-30/h2-5,12-13,16,21H,1,6-11,15H2,(H,29,31). The average molecular weight is 460 g/mol. The van der Waals surface area contributed by atoms with Gasteiger partial charge in [0.2, 0.25) is 11.8 Å². The van der Waals surface area contributed by atoms with Gasteiger partial charge < -0.3 is 19.5 Å². The summed E-state index contributed by atoms with van der Waals surface area (Å²) in [6, 6.07) is 12.9. The highest BCUT2D eigenvalue weighted by Crippen LogP contribution is 2.34. The second-order valence-electron chi connectivity index (χ2n) is 8.28. The number of fused-ring (bicyclic) bond motifs is 2. The van der Waals surface area contributed by atoms with Crippen LogP contribution in [0.4, 0.5) is 5.69 Å². The van der Waals surface area contributed by atoms with E-state index in [1.165, 1.54) is 6.33 Å². The third kappa shape index (κ3) is 4.78. The number of carbonyl (C=O) groups is 1. The van der Waals surface area contributed by atoms with E-state index in [4.69, 9.17) is 19.5 Å². The van der Waals surface area contributed by atoms with E-state index in [0.717, 1.165) is 56.0 Å². The van der Waals surface area contributed by atoms with Crippen LogP contribution >= 0.6 is 0 Å². The van der Waals surface area contributed by atoms with Gasteiger partial charge >= 0.3 is 0 Å². The van der Waals surface area contributed by atoms with Gasteiger partial charge in [0.1, 0.15) is 18.7 Å². The maximum Gasteiger partial charge on any atom is 0.235 e. The Morgan fingerprint density at radius 1 is 1.15 bits per heavy atom. The van der Waals surface area contributed by atoms with Crippen molar-refractivity contribution in [1.29, 1.82) is 5.26 Å². The molecule has 1 fully saturated rings. The van der Waals surface area contributed by atoms with Crippen LogP contribution in [0.1, 0.15) is 23.5 Å². The molecule has 0 saturated carbocycles. The van der Waals surface area contributed by atoms with Gasteiger partial charge in [-0.3, -0.25) is 9.69 Å². The molecule has 1 saturated heterocycles. The number of morpholine rings is 1. The van der Waals surface area contributed by atoms with Gasteiger partial charge in [-0.2, -0.15) is 5.26 Å². The fraction of sp³-hybridized carbons (Fsp3) is 0.360. The van der Waals surface area contributed by atoms with Crippen LogP contribution in [0, 0.1) is 11.3 Å². The Kier molecular flexibility index (Phi) is 6.51. The lowest BCUT2D eigenvalue weighted by Gasteiger charge is -2.26. The number of nitriles is 1. The Bertz CT molecular complexity index is 1240. The zero-order valence-corrected chi connectivity index (χ0v) is 18.7. The minimum atomic E-state index is -0.471. The molecule has 0 spiro atoms. The van der Waals surface area contributed by atoms with Crippen LogP contribution in [0.25, 0.3) is 10.9 Å². The third-order valence-corrected chi connectivity index (χ3v) is 6.08. The molecule has 3 heterocycles. The summed E-state index contributed by atoms with van der Waals surface area (Å²) >= 11 is 0. The highest BCUT2D eigenvalue weighted by Gasteiger charge is 2.31. The molecule has 0 radical (unpaired) electrons. The summed E-state index contributed by atoms with van der Waals surface area (Å²) in [6.07, 6.45) is 2.39. The summed E-state index contributed by atoms with van der Waals surface area (Å²) in [4.78, 5) is 23.5. The number of benzene rings is 2. The quantitative estimate of drug-likeness (QED) is 0.512. The van der Waals surface area contributed by atoms with Crippen molar-refractivity contribution in [3.63, 3.8) is 0 Å². The lowest BCUT2D eigenvalue weighted by atomic mass is 10.0. The molecular formula is C25H25N5O4. The van der Waals surface area contributed by atoms with Gasteiger partial charge in [-0.05, 0) is 36.2 Å². The van der Waals surface area contributed by atoms with Crippen LogP contribution in [0.2, 0.25) is 0 Å². The molecule has 2 aromatic carbocycles. The Hall–Kier alpha value is -3.74. The maximum absolute atomic E-state index is 12.5. The third-order valence-electron chi connectivity index (χ3n) is 6.08. The highest BCUT2D eigenvalue weighted by atomic mass is 16.5. The van der Waals surface area contributed by atoms with Crippen molar-refractivity contribution in [2.24, 2.45) is 0 Å². The zero-order chi connectivity index (χ0) is 23.3. The highest BCUT2D eigenvalue weighted by molar-refractivity contribution is 6.03. The molecule has 0 aliphatic carbocycles. The Morgan fingerprint density at radius 3 is 2.88 bits per heavy atom. The molecule has 1 unspecified atom stereocenters. The summed E-state index contributed by atoms with van der Waals surface area (Å²) in [6.45, 7) is 5.31. The van der Waals surface area contributed by atoms with Crippen molar-refractivity contribution in [3.05, 3.63) is 53.9 Å². The summed E-state index contributed by atoms with van der Waals surface area (Å²) in [5, 5.41) is 12.6. The predicted molar refractivity (Wildman–Crippen MR) is 125 cm³/mol. The first-order valence-electron chi connectivity index (χ1n) is 11.4. The van der Waals surface area contributed by atoms with Crippen molar-refractivity contribution in [1.82, 2.24) is 14.9 Å². The number of nitrogens with one attached hydrogen (secondary N) is 1. The van der Waals surface area contributed by atoms with Gasteiger partial charge in [0, 0.05) is 31.4 Å². The van der Waals surface area contributed by atoms with Crippen molar-refractivity contribution < 1.29 is 19.0 Å². The van der Waals surface area contributed by atoms with Crippen LogP contribution in [-0.4, -0.2) is 66.8 Å². The smallest absolute Gasteiger partial charge is 0.235 e. The zero-order valence-electron chi connectivity index (χ0n) is 18.7. The number of nitrogens with zero attached hydrogens (tertiary/aromatic N) is 4. The van der Waals surface area contributed by atoms with Gasteiger partial charge in [0.15, 0.2) is 0 Å². The van der Waals surface area contributed by atoms with Gasteiger partial charge in [-0.25, -0.2) is 9.97 Å². The number of hydrogen-bond acceptors (Lipinski definition) is 8. The largest absolute Gasteiger partial charge is 0.493 e. The molecule has 9 heteroatoms. The minimum Gasteiger partial charge on any atom is -0.493 e. The molecule has 1 atom stereocenters. The first-order valence-corrected chi connectivity index (χ1v) is 11.4. The van der Waals surface area contributed by atoms with Gasteiger partial charge in [-0.1, -0.05) is 6.07 Å². The van der Waals surface area contributed by atoms with Crippen molar-refractivity contribution in [2.45, 2.75) is 12.3 Å². The number of anilines is 1. The number of aromatic nitrogens is 2. The normalized spacial score (nSPS) is 17.7. The number of carbonyl (C=O) groups excluding carboxylic acids is 1. The van der Waals surface area contributed by atoms with Gasteiger partial charge in [0.05, 0.1) is 48.3 Å². The fourth-order valence-corrected chi connectivity index (χ4v) is 4.25. The maximum atomic E-state index is 12.5. The second-order valence-corrected chi connectivity index (χ2v) is 8.28. The predicted octanol–water partition coefficient (Wildman–Crippen LogP) is 2.72. The molecule has 2 aliphatic rings.